The molecule has 2 N–H and O–H groups in total. The van der Waals surface area contributed by atoms with Gasteiger partial charge in [-0.25, -0.2) is 0 Å². The van der Waals surface area contributed by atoms with Crippen molar-refractivity contribution >= 4 is 34.8 Å². The van der Waals surface area contributed by atoms with Gasteiger partial charge in [0.05, 0.1) is 18.5 Å². The molecule has 2 aromatic rings. The van der Waals surface area contributed by atoms with Crippen molar-refractivity contribution in [3.05, 3.63) is 47.0 Å². The predicted octanol–water partition coefficient (Wildman–Crippen LogP) is 3.39. The van der Waals surface area contributed by atoms with Gasteiger partial charge >= 0.3 is 0 Å². The van der Waals surface area contributed by atoms with E-state index in [1.807, 2.05) is 13.0 Å². The molecule has 25 heavy (non-hydrogen) atoms. The van der Waals surface area contributed by atoms with Gasteiger partial charge in [-0.05, 0) is 49.7 Å². The zero-order valence-electron chi connectivity index (χ0n) is 14.0. The van der Waals surface area contributed by atoms with E-state index < -0.39 is 17.4 Å². The molecule has 0 bridgehead atoms. The molecule has 2 aromatic carbocycles. The number of benzene rings is 2. The molecule has 7 heteroatoms. The van der Waals surface area contributed by atoms with Crippen LogP contribution in [0.1, 0.15) is 12.5 Å². The molecule has 1 aliphatic heterocycles. The number of hydrogen-bond donors (Lipinski definition) is 2. The summed E-state index contributed by atoms with van der Waals surface area (Å²) in [5.41, 5.74) is 0.105. The van der Waals surface area contributed by atoms with E-state index in [4.69, 9.17) is 21.1 Å². The summed E-state index contributed by atoms with van der Waals surface area (Å²) in [4.78, 5) is 25.2. The van der Waals surface area contributed by atoms with Gasteiger partial charge in [-0.15, -0.1) is 0 Å². The van der Waals surface area contributed by atoms with E-state index in [1.54, 1.807) is 30.3 Å². The van der Waals surface area contributed by atoms with E-state index in [1.165, 1.54) is 14.0 Å². The second kappa shape index (κ2) is 6.29. The fourth-order valence-electron chi connectivity index (χ4n) is 2.51. The summed E-state index contributed by atoms with van der Waals surface area (Å²) < 4.78 is 10.9. The lowest BCUT2D eigenvalue weighted by Gasteiger charge is -2.33. The van der Waals surface area contributed by atoms with Gasteiger partial charge in [-0.3, -0.25) is 9.59 Å². The molecule has 130 valence electrons. The Hall–Kier alpha value is -2.73. The minimum absolute atomic E-state index is 0.373. The number of ether oxygens (including phenoxy) is 2. The van der Waals surface area contributed by atoms with E-state index in [-0.39, 0.29) is 0 Å². The summed E-state index contributed by atoms with van der Waals surface area (Å²) in [5, 5.41) is 5.83. The lowest BCUT2D eigenvalue weighted by molar-refractivity contribution is -0.143. The van der Waals surface area contributed by atoms with Gasteiger partial charge in [0.1, 0.15) is 11.5 Å². The number of carbonyl (C=O) groups excluding carboxylic acids is 2. The highest BCUT2D eigenvalue weighted by molar-refractivity contribution is 6.31. The Morgan fingerprint density at radius 2 is 2.04 bits per heavy atom. The van der Waals surface area contributed by atoms with Crippen molar-refractivity contribution in [1.82, 2.24) is 0 Å². The quantitative estimate of drug-likeness (QED) is 0.823. The number of nitrogens with one attached hydrogen (secondary N) is 2. The van der Waals surface area contributed by atoms with E-state index in [0.29, 0.717) is 27.9 Å². The first-order valence-electron chi connectivity index (χ1n) is 7.59. The highest BCUT2D eigenvalue weighted by Crippen LogP contribution is 2.36. The fourth-order valence-corrected chi connectivity index (χ4v) is 2.68. The zero-order valence-corrected chi connectivity index (χ0v) is 14.7. The van der Waals surface area contributed by atoms with Crippen LogP contribution in [0.2, 0.25) is 5.02 Å². The van der Waals surface area contributed by atoms with Crippen molar-refractivity contribution in [2.75, 3.05) is 17.7 Å². The number of hydrogen-bond acceptors (Lipinski definition) is 4. The number of anilines is 2. The lowest BCUT2D eigenvalue weighted by Crippen LogP contribution is -2.56. The van der Waals surface area contributed by atoms with Crippen molar-refractivity contribution in [2.24, 2.45) is 0 Å². The molecule has 0 aromatic heterocycles. The van der Waals surface area contributed by atoms with Crippen molar-refractivity contribution < 1.29 is 19.1 Å². The Balaban J connectivity index is 1.90. The molecule has 0 saturated carbocycles. The van der Waals surface area contributed by atoms with Crippen LogP contribution in [0.5, 0.6) is 11.5 Å². The third kappa shape index (κ3) is 3.13. The van der Waals surface area contributed by atoms with Gasteiger partial charge in [0, 0.05) is 5.02 Å². The number of fused-ring (bicyclic) bond motifs is 1. The van der Waals surface area contributed by atoms with Crippen LogP contribution < -0.4 is 20.1 Å². The molecule has 3 rings (SSSR count). The lowest BCUT2D eigenvalue weighted by atomic mass is 10.0. The van der Waals surface area contributed by atoms with Gasteiger partial charge in [-0.2, -0.15) is 0 Å². The molecule has 1 aliphatic rings. The maximum atomic E-state index is 12.8. The van der Waals surface area contributed by atoms with Crippen LogP contribution in [0, 0.1) is 6.92 Å². The van der Waals surface area contributed by atoms with Crippen molar-refractivity contribution in [2.45, 2.75) is 19.4 Å². The first-order chi connectivity index (χ1) is 11.8. The summed E-state index contributed by atoms with van der Waals surface area (Å²) in [6, 6.07) is 10.2. The average Bonchev–Trinajstić information content (AvgIpc) is 2.56. The van der Waals surface area contributed by atoms with Crippen LogP contribution >= 0.6 is 11.6 Å². The van der Waals surface area contributed by atoms with Gasteiger partial charge in [0.2, 0.25) is 0 Å². The predicted molar refractivity (Wildman–Crippen MR) is 95.5 cm³/mol. The molecule has 1 atom stereocenters. The molecule has 0 aliphatic carbocycles. The van der Waals surface area contributed by atoms with Crippen LogP contribution in [0.25, 0.3) is 0 Å². The van der Waals surface area contributed by atoms with Crippen molar-refractivity contribution in [1.29, 1.82) is 0 Å². The number of halogens is 1. The van der Waals surface area contributed by atoms with E-state index in [0.717, 1.165) is 5.56 Å². The highest BCUT2D eigenvalue weighted by Gasteiger charge is 2.47. The van der Waals surface area contributed by atoms with Gasteiger partial charge in [-0.1, -0.05) is 17.7 Å². The normalized spacial score (nSPS) is 18.6. The van der Waals surface area contributed by atoms with Crippen LogP contribution in [-0.2, 0) is 9.59 Å². The number of methoxy groups -OCH3 is 1. The Bertz CT molecular complexity index is 868. The monoisotopic (exact) mass is 360 g/mol. The molecular formula is C18H17ClN2O4. The Morgan fingerprint density at radius 3 is 2.76 bits per heavy atom. The molecule has 2 amide bonds. The summed E-state index contributed by atoms with van der Waals surface area (Å²) in [5.74, 6) is -0.315. The largest absolute Gasteiger partial charge is 0.495 e. The van der Waals surface area contributed by atoms with Crippen LogP contribution in [0.4, 0.5) is 11.4 Å². The van der Waals surface area contributed by atoms with Crippen LogP contribution in [0.15, 0.2) is 36.4 Å². The highest BCUT2D eigenvalue weighted by atomic mass is 35.5. The summed E-state index contributed by atoms with van der Waals surface area (Å²) in [6.45, 7) is 3.30. The molecular weight excluding hydrogens is 344 g/mol. The molecule has 0 saturated heterocycles. The minimum Gasteiger partial charge on any atom is -0.495 e. The molecule has 1 heterocycles. The average molecular weight is 361 g/mol. The molecule has 6 nitrogen and oxygen atoms in total. The minimum atomic E-state index is -1.73. The second-order valence-corrected chi connectivity index (χ2v) is 6.32. The van der Waals surface area contributed by atoms with Crippen LogP contribution in [0.3, 0.4) is 0 Å². The number of carbonyl (C=O) groups is 2. The zero-order chi connectivity index (χ0) is 18.2. The standard InChI is InChI=1S/C18H17ClN2O4/c1-10-4-6-14(24-3)12(8-10)20-16(22)18(2)17(23)21-13-9-11(19)5-7-15(13)25-18/h4-9H,1-3H3,(H,20,22)(H,21,23). The first kappa shape index (κ1) is 17.1. The fraction of sp³-hybridized carbons (Fsp3) is 0.222. The van der Waals surface area contributed by atoms with Crippen molar-refractivity contribution in [3.63, 3.8) is 0 Å². The smallest absolute Gasteiger partial charge is 0.278 e. The molecule has 0 fully saturated rings. The first-order valence-corrected chi connectivity index (χ1v) is 7.97. The third-order valence-electron chi connectivity index (χ3n) is 3.97. The van der Waals surface area contributed by atoms with E-state index in [2.05, 4.69) is 10.6 Å². The Labute approximate surface area is 150 Å². The molecule has 0 spiro atoms. The Morgan fingerprint density at radius 1 is 1.28 bits per heavy atom. The number of rotatable bonds is 3. The Kier molecular flexibility index (Phi) is 4.30. The maximum Gasteiger partial charge on any atom is 0.278 e. The summed E-state index contributed by atoms with van der Waals surface area (Å²) in [7, 11) is 1.51. The second-order valence-electron chi connectivity index (χ2n) is 5.89. The van der Waals surface area contributed by atoms with E-state index in [9.17, 15) is 9.59 Å². The van der Waals surface area contributed by atoms with E-state index >= 15 is 0 Å². The topological polar surface area (TPSA) is 76.7 Å². The van der Waals surface area contributed by atoms with Gasteiger partial charge in [0.25, 0.3) is 17.4 Å². The van der Waals surface area contributed by atoms with Crippen molar-refractivity contribution in [3.8, 4) is 11.5 Å². The molecule has 0 radical (unpaired) electrons. The van der Waals surface area contributed by atoms with Crippen LogP contribution in [-0.4, -0.2) is 24.5 Å². The SMILES string of the molecule is COc1ccc(C)cc1NC(=O)C1(C)Oc2ccc(Cl)cc2NC1=O. The third-order valence-corrected chi connectivity index (χ3v) is 4.21. The maximum absolute atomic E-state index is 12.8. The number of amides is 2. The van der Waals surface area contributed by atoms with Gasteiger partial charge in [0.15, 0.2) is 0 Å². The summed E-state index contributed by atoms with van der Waals surface area (Å²) in [6.07, 6.45) is 0. The summed E-state index contributed by atoms with van der Waals surface area (Å²) >= 11 is 5.91. The van der Waals surface area contributed by atoms with Gasteiger partial charge < -0.3 is 20.1 Å². The number of aryl methyl sites for hydroxylation is 1. The molecule has 1 unspecified atom stereocenters.